The van der Waals surface area contributed by atoms with Crippen LogP contribution in [0, 0.1) is 6.92 Å². The van der Waals surface area contributed by atoms with Crippen molar-refractivity contribution in [2.24, 2.45) is 0 Å². The Kier molecular flexibility index (Phi) is 6.37. The fraction of sp³-hybridized carbons (Fsp3) is 0.185. The van der Waals surface area contributed by atoms with Gasteiger partial charge in [-0.15, -0.1) is 10.2 Å². The van der Waals surface area contributed by atoms with Gasteiger partial charge in [0.05, 0.1) is 12.9 Å². The summed E-state index contributed by atoms with van der Waals surface area (Å²) in [7, 11) is 1.63. The van der Waals surface area contributed by atoms with E-state index in [1.807, 2.05) is 66.1 Å². The highest BCUT2D eigenvalue weighted by atomic mass is 32.2. The second-order valence-corrected chi connectivity index (χ2v) is 9.28. The van der Waals surface area contributed by atoms with Crippen molar-refractivity contribution < 1.29 is 14.3 Å². The molecule has 0 saturated heterocycles. The lowest BCUT2D eigenvalue weighted by Crippen LogP contribution is -2.19. The maximum Gasteiger partial charge on any atom is 0.224 e. The van der Waals surface area contributed by atoms with Crippen LogP contribution in [0.3, 0.4) is 0 Å². The van der Waals surface area contributed by atoms with Crippen molar-refractivity contribution in [1.82, 2.24) is 14.8 Å². The summed E-state index contributed by atoms with van der Waals surface area (Å²) in [6.07, 6.45) is 1.08. The average molecular weight is 485 g/mol. The number of carbonyl (C=O) groups is 2. The van der Waals surface area contributed by atoms with Gasteiger partial charge in [0, 0.05) is 28.9 Å². The maximum atomic E-state index is 13.0. The summed E-state index contributed by atoms with van der Waals surface area (Å²) in [4.78, 5) is 24.6. The number of fused-ring (bicyclic) bond motifs is 1. The lowest BCUT2D eigenvalue weighted by molar-refractivity contribution is -0.116. The van der Waals surface area contributed by atoms with Crippen molar-refractivity contribution in [2.45, 2.75) is 24.9 Å². The summed E-state index contributed by atoms with van der Waals surface area (Å²) in [5, 5.41) is 12.4. The number of methoxy groups -OCH3 is 1. The number of aryl methyl sites for hydroxylation is 2. The van der Waals surface area contributed by atoms with E-state index >= 15 is 0 Å². The highest BCUT2D eigenvalue weighted by molar-refractivity contribution is 7.99. The minimum absolute atomic E-state index is 0.000784. The Hall–Kier alpha value is -3.91. The van der Waals surface area contributed by atoms with Gasteiger partial charge in [-0.1, -0.05) is 29.5 Å². The lowest BCUT2D eigenvalue weighted by atomic mass is 9.99. The lowest BCUT2D eigenvalue weighted by Gasteiger charge is -2.17. The number of hydrogen-bond donors (Lipinski definition) is 1. The number of ether oxygens (including phenoxy) is 1. The van der Waals surface area contributed by atoms with Crippen LogP contribution < -0.4 is 10.1 Å². The molecule has 2 heterocycles. The molecule has 1 N–H and O–H groups in total. The molecule has 0 unspecified atom stereocenters. The van der Waals surface area contributed by atoms with Crippen molar-refractivity contribution in [3.05, 3.63) is 83.4 Å². The van der Waals surface area contributed by atoms with Crippen LogP contribution in [-0.2, 0) is 11.2 Å². The molecule has 0 aliphatic carbocycles. The second kappa shape index (κ2) is 9.76. The van der Waals surface area contributed by atoms with E-state index < -0.39 is 0 Å². The van der Waals surface area contributed by atoms with E-state index in [1.54, 1.807) is 19.2 Å². The molecular formula is C27H24N4O3S. The van der Waals surface area contributed by atoms with E-state index in [0.717, 1.165) is 33.8 Å². The molecule has 0 bridgehead atoms. The number of amides is 1. The van der Waals surface area contributed by atoms with Crippen molar-refractivity contribution >= 4 is 29.1 Å². The molecule has 0 saturated carbocycles. The van der Waals surface area contributed by atoms with E-state index in [-0.39, 0.29) is 17.4 Å². The molecule has 1 amide bonds. The molecule has 35 heavy (non-hydrogen) atoms. The molecule has 0 radical (unpaired) electrons. The van der Waals surface area contributed by atoms with Crippen molar-refractivity contribution in [3.8, 4) is 22.8 Å². The molecule has 0 fully saturated rings. The van der Waals surface area contributed by atoms with Gasteiger partial charge in [-0.05, 0) is 73.5 Å². The monoisotopic (exact) mass is 484 g/mol. The summed E-state index contributed by atoms with van der Waals surface area (Å²) in [6, 6.07) is 21.2. The van der Waals surface area contributed by atoms with Crippen LogP contribution in [0.1, 0.15) is 27.9 Å². The predicted molar refractivity (Wildman–Crippen MR) is 137 cm³/mol. The molecular weight excluding hydrogens is 460 g/mol. The normalized spacial score (nSPS) is 12.7. The second-order valence-electron chi connectivity index (χ2n) is 8.34. The summed E-state index contributed by atoms with van der Waals surface area (Å²) >= 11 is 1.36. The van der Waals surface area contributed by atoms with Crippen LogP contribution in [0.15, 0.2) is 71.9 Å². The zero-order chi connectivity index (χ0) is 24.4. The Bertz CT molecular complexity index is 1400. The smallest absolute Gasteiger partial charge is 0.224 e. The first-order valence-electron chi connectivity index (χ1n) is 11.3. The maximum absolute atomic E-state index is 13.0. The number of anilines is 1. The number of Topliss-reactive ketones (excluding diaryl/α,β-unsaturated/α-hetero) is 1. The third kappa shape index (κ3) is 4.83. The first kappa shape index (κ1) is 22.9. The zero-order valence-corrected chi connectivity index (χ0v) is 20.3. The number of nitrogens with one attached hydrogen (secondary N) is 1. The van der Waals surface area contributed by atoms with Gasteiger partial charge >= 0.3 is 0 Å². The van der Waals surface area contributed by atoms with Crippen molar-refractivity contribution in [1.29, 1.82) is 0 Å². The van der Waals surface area contributed by atoms with E-state index in [2.05, 4.69) is 15.5 Å². The van der Waals surface area contributed by atoms with Gasteiger partial charge in [0.2, 0.25) is 5.91 Å². The largest absolute Gasteiger partial charge is 0.497 e. The number of aromatic nitrogens is 3. The number of nitrogens with zero attached hydrogens (tertiary/aromatic N) is 3. The van der Waals surface area contributed by atoms with Crippen LogP contribution in [0.5, 0.6) is 5.75 Å². The molecule has 1 aliphatic heterocycles. The Morgan fingerprint density at radius 3 is 2.54 bits per heavy atom. The van der Waals surface area contributed by atoms with E-state index in [0.29, 0.717) is 29.4 Å². The van der Waals surface area contributed by atoms with Crippen molar-refractivity contribution in [3.63, 3.8) is 0 Å². The summed E-state index contributed by atoms with van der Waals surface area (Å²) in [5.74, 6) is 1.68. The first-order valence-corrected chi connectivity index (χ1v) is 12.3. The molecule has 0 atom stereocenters. The van der Waals surface area contributed by atoms with Gasteiger partial charge in [0.1, 0.15) is 5.75 Å². The third-order valence-corrected chi connectivity index (χ3v) is 6.86. The SMILES string of the molecule is COc1ccc(-c2nnc(SCC(=O)c3ccc4c(c3)CCC(=O)N4)n2-c2ccc(C)cc2)cc1. The highest BCUT2D eigenvalue weighted by Crippen LogP contribution is 2.30. The van der Waals surface area contributed by atoms with Gasteiger partial charge in [0.25, 0.3) is 0 Å². The number of thioether (sulfide) groups is 1. The van der Waals surface area contributed by atoms with Crippen LogP contribution in [0.2, 0.25) is 0 Å². The summed E-state index contributed by atoms with van der Waals surface area (Å²) in [6.45, 7) is 2.04. The van der Waals surface area contributed by atoms with Gasteiger partial charge in [0.15, 0.2) is 16.8 Å². The number of rotatable bonds is 7. The van der Waals surface area contributed by atoms with Gasteiger partial charge in [-0.25, -0.2) is 0 Å². The average Bonchev–Trinajstić information content (AvgIpc) is 3.31. The standard InChI is InChI=1S/C27H24N4O3S/c1-17-3-9-21(10-4-17)31-26(18-5-11-22(34-2)12-6-18)29-30-27(31)35-16-24(32)20-7-13-23-19(15-20)8-14-25(33)28-23/h3-7,9-13,15H,8,14,16H2,1-2H3,(H,28,33). The first-order chi connectivity index (χ1) is 17.0. The zero-order valence-electron chi connectivity index (χ0n) is 19.4. The number of carbonyl (C=O) groups excluding carboxylic acids is 2. The van der Waals surface area contributed by atoms with Crippen LogP contribution >= 0.6 is 11.8 Å². The molecule has 7 nitrogen and oxygen atoms in total. The molecule has 4 aromatic rings. The van der Waals surface area contributed by atoms with Gasteiger partial charge in [-0.2, -0.15) is 0 Å². The number of benzene rings is 3. The van der Waals surface area contributed by atoms with E-state index in [9.17, 15) is 9.59 Å². The molecule has 3 aromatic carbocycles. The Balaban J connectivity index is 1.42. The third-order valence-electron chi connectivity index (χ3n) is 5.93. The van der Waals surface area contributed by atoms with Gasteiger partial charge in [-0.3, -0.25) is 14.2 Å². The predicted octanol–water partition coefficient (Wildman–Crippen LogP) is 5.11. The summed E-state index contributed by atoms with van der Waals surface area (Å²) < 4.78 is 7.25. The fourth-order valence-corrected chi connectivity index (χ4v) is 4.83. The minimum Gasteiger partial charge on any atom is -0.497 e. The van der Waals surface area contributed by atoms with E-state index in [1.165, 1.54) is 11.8 Å². The topological polar surface area (TPSA) is 86.1 Å². The molecule has 8 heteroatoms. The molecule has 1 aliphatic rings. The van der Waals surface area contributed by atoms with E-state index in [4.69, 9.17) is 4.74 Å². The fourth-order valence-electron chi connectivity index (χ4n) is 3.99. The highest BCUT2D eigenvalue weighted by Gasteiger charge is 2.20. The van der Waals surface area contributed by atoms with Gasteiger partial charge < -0.3 is 10.1 Å². The summed E-state index contributed by atoms with van der Waals surface area (Å²) in [5.41, 5.74) is 5.38. The van der Waals surface area contributed by atoms with Crippen molar-refractivity contribution in [2.75, 3.05) is 18.2 Å². The Labute approximate surface area is 207 Å². The molecule has 176 valence electrons. The Morgan fingerprint density at radius 1 is 1.03 bits per heavy atom. The van der Waals surface area contributed by atoms with Crippen LogP contribution in [-0.4, -0.2) is 39.3 Å². The Morgan fingerprint density at radius 2 is 1.80 bits per heavy atom. The van der Waals surface area contributed by atoms with Crippen LogP contribution in [0.4, 0.5) is 5.69 Å². The number of hydrogen-bond acceptors (Lipinski definition) is 6. The quantitative estimate of drug-likeness (QED) is 0.290. The van der Waals surface area contributed by atoms with Crippen LogP contribution in [0.25, 0.3) is 17.1 Å². The number of ketones is 1. The molecule has 0 spiro atoms. The molecule has 1 aromatic heterocycles. The minimum atomic E-state index is -0.000784. The molecule has 5 rings (SSSR count).